The van der Waals surface area contributed by atoms with E-state index in [2.05, 4.69) is 4.98 Å². The second-order valence-electron chi connectivity index (χ2n) is 3.20. The van der Waals surface area contributed by atoms with Gasteiger partial charge in [-0.3, -0.25) is 0 Å². The summed E-state index contributed by atoms with van der Waals surface area (Å²) in [6, 6.07) is 7.59. The fourth-order valence-corrected chi connectivity index (χ4v) is 2.26. The molecule has 2 rings (SSSR count). The van der Waals surface area contributed by atoms with E-state index in [1.807, 2.05) is 24.3 Å². The fraction of sp³-hybridized carbons (Fsp3) is 0.0909. The number of carboxylic acid groups (broad SMARTS) is 1. The van der Waals surface area contributed by atoms with Crippen molar-refractivity contribution >= 4 is 29.7 Å². The highest BCUT2D eigenvalue weighted by Gasteiger charge is 2.11. The number of carbonyl (C=O) groups is 1. The van der Waals surface area contributed by atoms with Crippen LogP contribution in [0.4, 0.5) is 0 Å². The predicted octanol–water partition coefficient (Wildman–Crippen LogP) is 2.39. The van der Waals surface area contributed by atoms with Gasteiger partial charge in [0.25, 0.3) is 0 Å². The number of rotatable bonds is 3. The Balaban J connectivity index is 0.00000144. The first-order chi connectivity index (χ1) is 7.72. The summed E-state index contributed by atoms with van der Waals surface area (Å²) in [7, 11) is 0. The van der Waals surface area contributed by atoms with Gasteiger partial charge in [0.15, 0.2) is 5.69 Å². The van der Waals surface area contributed by atoms with Gasteiger partial charge in [0.05, 0.1) is 0 Å². The SMILES string of the molecule is Cl.NCc1ccccc1-c1nc(C(=O)O)cs1. The molecule has 3 N–H and O–H groups in total. The Labute approximate surface area is 109 Å². The van der Waals surface area contributed by atoms with E-state index in [0.29, 0.717) is 11.6 Å². The summed E-state index contributed by atoms with van der Waals surface area (Å²) in [6.07, 6.45) is 0. The molecule has 0 saturated carbocycles. The van der Waals surface area contributed by atoms with Gasteiger partial charge in [-0.25, -0.2) is 9.78 Å². The van der Waals surface area contributed by atoms with E-state index in [9.17, 15) is 4.79 Å². The first kappa shape index (κ1) is 13.6. The number of nitrogens with two attached hydrogens (primary N) is 1. The van der Waals surface area contributed by atoms with Crippen molar-refractivity contribution in [2.75, 3.05) is 0 Å². The van der Waals surface area contributed by atoms with Crippen molar-refractivity contribution in [1.29, 1.82) is 0 Å². The topological polar surface area (TPSA) is 76.2 Å². The zero-order valence-corrected chi connectivity index (χ0v) is 10.4. The Hall–Kier alpha value is -1.43. The normalized spacial score (nSPS) is 9.71. The molecule has 0 fully saturated rings. The molecule has 0 radical (unpaired) electrons. The average Bonchev–Trinajstić information content (AvgIpc) is 2.78. The van der Waals surface area contributed by atoms with Crippen LogP contribution in [0.2, 0.25) is 0 Å². The van der Waals surface area contributed by atoms with E-state index in [1.54, 1.807) is 0 Å². The number of carboxylic acids is 1. The first-order valence-corrected chi connectivity index (χ1v) is 5.57. The highest BCUT2D eigenvalue weighted by atomic mass is 35.5. The van der Waals surface area contributed by atoms with Gasteiger partial charge in [-0.2, -0.15) is 0 Å². The monoisotopic (exact) mass is 270 g/mol. The van der Waals surface area contributed by atoms with Crippen LogP contribution in [0.5, 0.6) is 0 Å². The minimum atomic E-state index is -1.01. The number of hydrogen-bond acceptors (Lipinski definition) is 4. The number of halogens is 1. The van der Waals surface area contributed by atoms with Gasteiger partial charge in [0.1, 0.15) is 5.01 Å². The maximum Gasteiger partial charge on any atom is 0.355 e. The van der Waals surface area contributed by atoms with E-state index in [0.717, 1.165) is 11.1 Å². The molecule has 0 saturated heterocycles. The van der Waals surface area contributed by atoms with Crippen LogP contribution in [0.25, 0.3) is 10.6 Å². The maximum atomic E-state index is 10.7. The molecule has 0 aliphatic carbocycles. The van der Waals surface area contributed by atoms with E-state index in [-0.39, 0.29) is 18.1 Å². The maximum absolute atomic E-state index is 10.7. The van der Waals surface area contributed by atoms with Gasteiger partial charge in [0.2, 0.25) is 0 Å². The van der Waals surface area contributed by atoms with E-state index < -0.39 is 5.97 Å². The molecule has 0 spiro atoms. The lowest BCUT2D eigenvalue weighted by Crippen LogP contribution is -1.99. The van der Waals surface area contributed by atoms with Crippen LogP contribution in [0.1, 0.15) is 16.1 Å². The van der Waals surface area contributed by atoms with Crippen molar-refractivity contribution in [1.82, 2.24) is 4.98 Å². The summed E-state index contributed by atoms with van der Waals surface area (Å²) in [4.78, 5) is 14.8. The molecule has 1 aromatic carbocycles. The Kier molecular flexibility index (Phi) is 4.62. The molecule has 0 unspecified atom stereocenters. The lowest BCUT2D eigenvalue weighted by atomic mass is 10.1. The molecule has 1 aromatic heterocycles. The second kappa shape index (κ2) is 5.77. The third-order valence-corrected chi connectivity index (χ3v) is 3.07. The largest absolute Gasteiger partial charge is 0.476 e. The van der Waals surface area contributed by atoms with Gasteiger partial charge in [-0.15, -0.1) is 23.7 Å². The number of thiazole rings is 1. The Morgan fingerprint density at radius 2 is 2.12 bits per heavy atom. The number of hydrogen-bond donors (Lipinski definition) is 2. The molecule has 90 valence electrons. The molecule has 4 nitrogen and oxygen atoms in total. The number of nitrogens with zero attached hydrogens (tertiary/aromatic N) is 1. The van der Waals surface area contributed by atoms with Crippen LogP contribution < -0.4 is 5.73 Å². The van der Waals surface area contributed by atoms with Crippen molar-refractivity contribution < 1.29 is 9.90 Å². The fourth-order valence-electron chi connectivity index (χ4n) is 1.40. The smallest absolute Gasteiger partial charge is 0.355 e. The van der Waals surface area contributed by atoms with Crippen LogP contribution in [-0.2, 0) is 6.54 Å². The molecular formula is C11H11ClN2O2S. The second-order valence-corrected chi connectivity index (χ2v) is 4.06. The Morgan fingerprint density at radius 3 is 2.71 bits per heavy atom. The van der Waals surface area contributed by atoms with Crippen LogP contribution in [-0.4, -0.2) is 16.1 Å². The molecule has 6 heteroatoms. The van der Waals surface area contributed by atoms with Crippen molar-refractivity contribution in [2.24, 2.45) is 5.73 Å². The molecule has 1 heterocycles. The van der Waals surface area contributed by atoms with Gasteiger partial charge in [0, 0.05) is 17.5 Å². The third kappa shape index (κ3) is 2.82. The standard InChI is InChI=1S/C11H10N2O2S.ClH/c12-5-7-3-1-2-4-8(7)10-13-9(6-16-10)11(14)15;/h1-4,6H,5,12H2,(H,14,15);1H. The van der Waals surface area contributed by atoms with E-state index in [1.165, 1.54) is 16.7 Å². The van der Waals surface area contributed by atoms with Gasteiger partial charge < -0.3 is 10.8 Å². The van der Waals surface area contributed by atoms with Crippen LogP contribution in [0.15, 0.2) is 29.6 Å². The molecule has 0 atom stereocenters. The van der Waals surface area contributed by atoms with E-state index >= 15 is 0 Å². The van der Waals surface area contributed by atoms with Gasteiger partial charge in [-0.1, -0.05) is 24.3 Å². The summed E-state index contributed by atoms with van der Waals surface area (Å²) < 4.78 is 0. The Morgan fingerprint density at radius 1 is 1.41 bits per heavy atom. The predicted molar refractivity (Wildman–Crippen MR) is 69.6 cm³/mol. The molecular weight excluding hydrogens is 260 g/mol. The highest BCUT2D eigenvalue weighted by molar-refractivity contribution is 7.13. The molecule has 17 heavy (non-hydrogen) atoms. The molecule has 2 aromatic rings. The van der Waals surface area contributed by atoms with Crippen molar-refractivity contribution in [3.8, 4) is 10.6 Å². The number of aromatic nitrogens is 1. The summed E-state index contributed by atoms with van der Waals surface area (Å²) >= 11 is 1.31. The van der Waals surface area contributed by atoms with Gasteiger partial charge in [-0.05, 0) is 5.56 Å². The third-order valence-electron chi connectivity index (χ3n) is 2.19. The molecule has 0 aliphatic heterocycles. The summed E-state index contributed by atoms with van der Waals surface area (Å²) in [5.74, 6) is -1.01. The first-order valence-electron chi connectivity index (χ1n) is 4.69. The van der Waals surface area contributed by atoms with Crippen LogP contribution in [0.3, 0.4) is 0 Å². The molecule has 0 aliphatic rings. The number of aromatic carboxylic acids is 1. The van der Waals surface area contributed by atoms with Crippen molar-refractivity contribution in [3.05, 3.63) is 40.9 Å². The summed E-state index contributed by atoms with van der Waals surface area (Å²) in [5.41, 5.74) is 7.56. The minimum Gasteiger partial charge on any atom is -0.476 e. The minimum absolute atomic E-state index is 0. The average molecular weight is 271 g/mol. The highest BCUT2D eigenvalue weighted by Crippen LogP contribution is 2.26. The van der Waals surface area contributed by atoms with E-state index in [4.69, 9.17) is 10.8 Å². The zero-order chi connectivity index (χ0) is 11.5. The van der Waals surface area contributed by atoms with Crippen LogP contribution in [0, 0.1) is 0 Å². The van der Waals surface area contributed by atoms with Crippen molar-refractivity contribution in [3.63, 3.8) is 0 Å². The number of benzene rings is 1. The quantitative estimate of drug-likeness (QED) is 0.898. The Bertz CT molecular complexity index is 528. The van der Waals surface area contributed by atoms with Gasteiger partial charge >= 0.3 is 5.97 Å². The lowest BCUT2D eigenvalue weighted by Gasteiger charge is -2.03. The molecule has 0 bridgehead atoms. The van der Waals surface area contributed by atoms with Crippen LogP contribution >= 0.6 is 23.7 Å². The lowest BCUT2D eigenvalue weighted by molar-refractivity contribution is 0.0691. The summed E-state index contributed by atoms with van der Waals surface area (Å²) in [6.45, 7) is 0.415. The summed E-state index contributed by atoms with van der Waals surface area (Å²) in [5, 5.41) is 11.0. The molecule has 0 amide bonds. The zero-order valence-electron chi connectivity index (χ0n) is 8.79. The van der Waals surface area contributed by atoms with Crippen molar-refractivity contribution in [2.45, 2.75) is 6.54 Å².